The number of carbonyl (C=O) groups excluding carboxylic acids is 1. The van der Waals surface area contributed by atoms with E-state index >= 15 is 0 Å². The molecule has 0 aliphatic heterocycles. The molecule has 0 aliphatic carbocycles. The monoisotopic (exact) mass is 364 g/mol. The molecule has 1 amide bonds. The van der Waals surface area contributed by atoms with E-state index in [1.165, 1.54) is 24.0 Å². The third kappa shape index (κ3) is 5.60. The predicted molar refractivity (Wildman–Crippen MR) is 103 cm³/mol. The van der Waals surface area contributed by atoms with E-state index in [2.05, 4.69) is 32.7 Å². The normalized spacial score (nSPS) is 10.4. The van der Waals surface area contributed by atoms with Crippen molar-refractivity contribution < 1.29 is 9.18 Å². The lowest BCUT2D eigenvalue weighted by atomic mass is 10.1. The van der Waals surface area contributed by atoms with Gasteiger partial charge in [-0.15, -0.1) is 0 Å². The first-order chi connectivity index (χ1) is 13.2. The van der Waals surface area contributed by atoms with E-state index < -0.39 is 0 Å². The summed E-state index contributed by atoms with van der Waals surface area (Å²) in [5, 5.41) is 5.81. The van der Waals surface area contributed by atoms with E-state index in [0.717, 1.165) is 19.4 Å². The van der Waals surface area contributed by atoms with Crippen molar-refractivity contribution in [2.24, 2.45) is 0 Å². The predicted octanol–water partition coefficient (Wildman–Crippen LogP) is 3.59. The van der Waals surface area contributed by atoms with Crippen molar-refractivity contribution in [2.75, 3.05) is 11.9 Å². The number of nitrogens with zero attached hydrogens (tertiary/aromatic N) is 2. The van der Waals surface area contributed by atoms with Crippen LogP contribution in [0.1, 0.15) is 27.9 Å². The number of carbonyl (C=O) groups is 1. The molecule has 0 unspecified atom stereocenters. The van der Waals surface area contributed by atoms with Gasteiger partial charge >= 0.3 is 0 Å². The average Bonchev–Trinajstić information content (AvgIpc) is 2.72. The summed E-state index contributed by atoms with van der Waals surface area (Å²) in [6, 6.07) is 16.6. The molecule has 0 radical (unpaired) electrons. The highest BCUT2D eigenvalue weighted by atomic mass is 19.1. The first-order valence-electron chi connectivity index (χ1n) is 8.84. The lowest BCUT2D eigenvalue weighted by molar-refractivity contribution is 0.0950. The van der Waals surface area contributed by atoms with Gasteiger partial charge in [0, 0.05) is 31.0 Å². The van der Waals surface area contributed by atoms with Gasteiger partial charge in [0.1, 0.15) is 5.82 Å². The minimum absolute atomic E-state index is 0.116. The Labute approximate surface area is 157 Å². The molecule has 0 saturated carbocycles. The van der Waals surface area contributed by atoms with Crippen LogP contribution in [0.4, 0.5) is 10.3 Å². The molecule has 3 aromatic rings. The first-order valence-corrected chi connectivity index (χ1v) is 8.84. The van der Waals surface area contributed by atoms with E-state index in [0.29, 0.717) is 17.1 Å². The number of aromatic nitrogens is 2. The number of rotatable bonds is 8. The Morgan fingerprint density at radius 3 is 2.41 bits per heavy atom. The Balaban J connectivity index is 1.43. The molecule has 0 spiro atoms. The van der Waals surface area contributed by atoms with Gasteiger partial charge in [0.25, 0.3) is 5.91 Å². The molecule has 0 fully saturated rings. The number of hydrogen-bond acceptors (Lipinski definition) is 4. The van der Waals surface area contributed by atoms with Gasteiger partial charge in [0.2, 0.25) is 5.95 Å². The Bertz CT molecular complexity index is 869. The van der Waals surface area contributed by atoms with Crippen molar-refractivity contribution in [2.45, 2.75) is 19.4 Å². The number of benzene rings is 2. The van der Waals surface area contributed by atoms with Crippen LogP contribution in [-0.4, -0.2) is 22.4 Å². The van der Waals surface area contributed by atoms with Crippen molar-refractivity contribution >= 4 is 11.9 Å². The van der Waals surface area contributed by atoms with E-state index in [-0.39, 0.29) is 18.3 Å². The zero-order valence-corrected chi connectivity index (χ0v) is 14.9. The molecule has 0 bridgehead atoms. The Morgan fingerprint density at radius 2 is 1.67 bits per heavy atom. The highest BCUT2D eigenvalue weighted by molar-refractivity contribution is 5.93. The largest absolute Gasteiger partial charge is 0.354 e. The molecule has 1 heterocycles. The van der Waals surface area contributed by atoms with Crippen LogP contribution < -0.4 is 10.6 Å². The molecule has 0 atom stereocenters. The van der Waals surface area contributed by atoms with Crippen molar-refractivity contribution in [1.82, 2.24) is 15.3 Å². The molecule has 6 heteroatoms. The number of anilines is 1. The molecule has 3 rings (SSSR count). The zero-order chi connectivity index (χ0) is 18.9. The van der Waals surface area contributed by atoms with Crippen LogP contribution in [0, 0.1) is 5.82 Å². The average molecular weight is 364 g/mol. The SMILES string of the molecule is O=C(NCc1ccccc1F)c1cnc(NCCCc2ccccc2)nc1. The summed E-state index contributed by atoms with van der Waals surface area (Å²) < 4.78 is 13.6. The van der Waals surface area contributed by atoms with Crippen LogP contribution in [0.5, 0.6) is 0 Å². The second-order valence-electron chi connectivity index (χ2n) is 6.09. The number of nitrogens with one attached hydrogen (secondary N) is 2. The smallest absolute Gasteiger partial charge is 0.254 e. The fourth-order valence-electron chi connectivity index (χ4n) is 2.59. The van der Waals surface area contributed by atoms with Gasteiger partial charge in [-0.25, -0.2) is 14.4 Å². The van der Waals surface area contributed by atoms with Crippen LogP contribution in [0.15, 0.2) is 67.0 Å². The maximum absolute atomic E-state index is 13.6. The van der Waals surface area contributed by atoms with Gasteiger partial charge in [-0.05, 0) is 24.5 Å². The van der Waals surface area contributed by atoms with E-state index in [9.17, 15) is 9.18 Å². The number of hydrogen-bond donors (Lipinski definition) is 2. The van der Waals surface area contributed by atoms with E-state index in [4.69, 9.17) is 0 Å². The number of aryl methyl sites for hydroxylation is 1. The lowest BCUT2D eigenvalue weighted by Crippen LogP contribution is -2.23. The van der Waals surface area contributed by atoms with Gasteiger partial charge in [-0.2, -0.15) is 0 Å². The summed E-state index contributed by atoms with van der Waals surface area (Å²) in [6.45, 7) is 0.860. The van der Waals surface area contributed by atoms with Crippen LogP contribution >= 0.6 is 0 Å². The van der Waals surface area contributed by atoms with Crippen LogP contribution in [0.3, 0.4) is 0 Å². The molecular weight excluding hydrogens is 343 g/mol. The summed E-state index contributed by atoms with van der Waals surface area (Å²) in [5.74, 6) is -0.202. The molecule has 138 valence electrons. The third-order valence-electron chi connectivity index (χ3n) is 4.08. The highest BCUT2D eigenvalue weighted by Crippen LogP contribution is 2.07. The van der Waals surface area contributed by atoms with Gasteiger partial charge < -0.3 is 10.6 Å². The summed E-state index contributed by atoms with van der Waals surface area (Å²) in [7, 11) is 0. The number of halogens is 1. The van der Waals surface area contributed by atoms with Crippen LogP contribution in [0.25, 0.3) is 0 Å². The fourth-order valence-corrected chi connectivity index (χ4v) is 2.59. The molecule has 2 aromatic carbocycles. The molecular formula is C21H21FN4O. The zero-order valence-electron chi connectivity index (χ0n) is 14.9. The lowest BCUT2D eigenvalue weighted by Gasteiger charge is -2.07. The summed E-state index contributed by atoms with van der Waals surface area (Å²) in [5.41, 5.74) is 2.06. The maximum Gasteiger partial charge on any atom is 0.254 e. The summed E-state index contributed by atoms with van der Waals surface area (Å²) in [4.78, 5) is 20.4. The minimum atomic E-state index is -0.343. The van der Waals surface area contributed by atoms with Gasteiger partial charge in [0.05, 0.1) is 5.56 Å². The Morgan fingerprint density at radius 1 is 0.963 bits per heavy atom. The second kappa shape index (κ2) is 9.43. The van der Waals surface area contributed by atoms with E-state index in [1.807, 2.05) is 18.2 Å². The van der Waals surface area contributed by atoms with Gasteiger partial charge in [-0.1, -0.05) is 48.5 Å². The van der Waals surface area contributed by atoms with Gasteiger partial charge in [-0.3, -0.25) is 4.79 Å². The first kappa shape index (κ1) is 18.5. The van der Waals surface area contributed by atoms with Gasteiger partial charge in [0.15, 0.2) is 0 Å². The van der Waals surface area contributed by atoms with E-state index in [1.54, 1.807) is 18.2 Å². The van der Waals surface area contributed by atoms with Crippen LogP contribution in [0.2, 0.25) is 0 Å². The molecule has 5 nitrogen and oxygen atoms in total. The molecule has 0 saturated heterocycles. The summed E-state index contributed by atoms with van der Waals surface area (Å²) in [6.07, 6.45) is 4.86. The molecule has 2 N–H and O–H groups in total. The Kier molecular flexibility index (Phi) is 6.46. The molecule has 1 aromatic heterocycles. The molecule has 0 aliphatic rings. The van der Waals surface area contributed by atoms with Crippen molar-refractivity contribution in [3.8, 4) is 0 Å². The van der Waals surface area contributed by atoms with Crippen LogP contribution in [-0.2, 0) is 13.0 Å². The highest BCUT2D eigenvalue weighted by Gasteiger charge is 2.08. The van der Waals surface area contributed by atoms with Crippen molar-refractivity contribution in [3.63, 3.8) is 0 Å². The number of amides is 1. The summed E-state index contributed by atoms with van der Waals surface area (Å²) >= 11 is 0. The van der Waals surface area contributed by atoms with Crippen molar-refractivity contribution in [3.05, 3.63) is 89.5 Å². The standard InChI is InChI=1S/C21H21FN4O/c22-19-11-5-4-10-17(19)13-24-20(27)18-14-25-21(26-15-18)23-12-6-9-16-7-2-1-3-8-16/h1-5,7-8,10-11,14-15H,6,9,12-13H2,(H,24,27)(H,23,25,26). The molecule has 27 heavy (non-hydrogen) atoms. The third-order valence-corrected chi connectivity index (χ3v) is 4.08. The maximum atomic E-state index is 13.6. The fraction of sp³-hybridized carbons (Fsp3) is 0.190. The minimum Gasteiger partial charge on any atom is -0.354 e. The van der Waals surface area contributed by atoms with Crippen molar-refractivity contribution in [1.29, 1.82) is 0 Å². The quantitative estimate of drug-likeness (QED) is 0.600. The topological polar surface area (TPSA) is 66.9 Å². The second-order valence-corrected chi connectivity index (χ2v) is 6.09. The Hall–Kier alpha value is -3.28.